The largest absolute Gasteiger partial charge is 0.392 e. The molecule has 0 aromatic carbocycles. The van der Waals surface area contributed by atoms with Crippen LogP contribution in [0.5, 0.6) is 0 Å². The van der Waals surface area contributed by atoms with Crippen molar-refractivity contribution in [1.29, 1.82) is 5.26 Å². The average Bonchev–Trinajstić information content (AvgIpc) is 1.94. The van der Waals surface area contributed by atoms with Gasteiger partial charge in [0.15, 0.2) is 0 Å². The molecule has 0 saturated carbocycles. The quantitative estimate of drug-likeness (QED) is 0.618. The molecule has 1 rings (SSSR count). The molecule has 1 N–H and O–H groups in total. The van der Waals surface area contributed by atoms with Gasteiger partial charge >= 0.3 is 0 Å². The van der Waals surface area contributed by atoms with Crippen molar-refractivity contribution >= 4 is 11.8 Å². The molecule has 3 heteroatoms. The zero-order valence-electron chi connectivity index (χ0n) is 5.79. The van der Waals surface area contributed by atoms with Crippen molar-refractivity contribution in [3.05, 3.63) is 0 Å². The highest BCUT2D eigenvalue weighted by Gasteiger charge is 2.22. The van der Waals surface area contributed by atoms with Gasteiger partial charge in [-0.1, -0.05) is 0 Å². The predicted octanol–water partition coefficient (Wildman–Crippen LogP) is 1.01. The van der Waals surface area contributed by atoms with E-state index in [2.05, 4.69) is 6.07 Å². The van der Waals surface area contributed by atoms with Crippen molar-refractivity contribution in [2.45, 2.75) is 18.9 Å². The van der Waals surface area contributed by atoms with E-state index in [0.29, 0.717) is 6.42 Å². The zero-order chi connectivity index (χ0) is 7.40. The normalized spacial score (nSPS) is 33.2. The molecule has 0 bridgehead atoms. The number of hydrogen-bond acceptors (Lipinski definition) is 3. The molecule has 0 unspecified atom stereocenters. The summed E-state index contributed by atoms with van der Waals surface area (Å²) in [5.74, 6) is 2.15. The van der Waals surface area contributed by atoms with Gasteiger partial charge in [-0.05, 0) is 18.1 Å². The Morgan fingerprint density at radius 3 is 3.10 bits per heavy atom. The lowest BCUT2D eigenvalue weighted by Gasteiger charge is -2.24. The van der Waals surface area contributed by atoms with Crippen molar-refractivity contribution in [2.24, 2.45) is 5.92 Å². The highest BCUT2D eigenvalue weighted by atomic mass is 32.2. The van der Waals surface area contributed by atoms with Crippen molar-refractivity contribution in [2.75, 3.05) is 11.5 Å². The monoisotopic (exact) mass is 157 g/mol. The SMILES string of the molecule is N#CC[C@H]1CCSC[C@@H]1O. The number of nitriles is 1. The second-order valence-electron chi connectivity index (χ2n) is 2.55. The molecule has 0 amide bonds. The molecule has 0 aromatic rings. The Labute approximate surface area is 65.2 Å². The average molecular weight is 157 g/mol. The molecular formula is C7H11NOS. The van der Waals surface area contributed by atoms with Gasteiger partial charge in [-0.2, -0.15) is 17.0 Å². The molecule has 0 radical (unpaired) electrons. The molecule has 0 aromatic heterocycles. The molecule has 0 aliphatic carbocycles. The lowest BCUT2D eigenvalue weighted by Crippen LogP contribution is -2.27. The van der Waals surface area contributed by atoms with Crippen LogP contribution >= 0.6 is 11.8 Å². The van der Waals surface area contributed by atoms with E-state index >= 15 is 0 Å². The Morgan fingerprint density at radius 1 is 1.70 bits per heavy atom. The number of thioether (sulfide) groups is 1. The van der Waals surface area contributed by atoms with Gasteiger partial charge in [-0.15, -0.1) is 0 Å². The standard InChI is InChI=1S/C7H11NOS/c8-3-1-6-2-4-10-5-7(6)9/h6-7,9H,1-2,4-5H2/t6-,7-/m0/s1. The van der Waals surface area contributed by atoms with E-state index in [4.69, 9.17) is 5.26 Å². The number of nitrogens with zero attached hydrogens (tertiary/aromatic N) is 1. The first-order valence-corrected chi connectivity index (χ1v) is 4.63. The number of aliphatic hydroxyl groups is 1. The third-order valence-electron chi connectivity index (χ3n) is 1.82. The summed E-state index contributed by atoms with van der Waals surface area (Å²) < 4.78 is 0. The van der Waals surface area contributed by atoms with Gasteiger partial charge in [0.05, 0.1) is 12.2 Å². The van der Waals surface area contributed by atoms with Gasteiger partial charge in [0, 0.05) is 12.2 Å². The minimum absolute atomic E-state index is 0.238. The first-order chi connectivity index (χ1) is 4.84. The Kier molecular flexibility index (Phi) is 3.04. The molecule has 2 atom stereocenters. The third-order valence-corrected chi connectivity index (χ3v) is 2.92. The number of aliphatic hydroxyl groups excluding tert-OH is 1. The smallest absolute Gasteiger partial charge is 0.0668 e. The molecular weight excluding hydrogens is 146 g/mol. The Hall–Kier alpha value is -0.200. The van der Waals surface area contributed by atoms with Crippen LogP contribution in [0.15, 0.2) is 0 Å². The molecule has 1 heterocycles. The van der Waals surface area contributed by atoms with Crippen molar-refractivity contribution in [3.63, 3.8) is 0 Å². The zero-order valence-corrected chi connectivity index (χ0v) is 6.60. The van der Waals surface area contributed by atoms with E-state index in [-0.39, 0.29) is 12.0 Å². The number of hydrogen-bond donors (Lipinski definition) is 1. The minimum atomic E-state index is -0.238. The second-order valence-corrected chi connectivity index (χ2v) is 3.70. The van der Waals surface area contributed by atoms with Gasteiger partial charge in [-0.3, -0.25) is 0 Å². The summed E-state index contributed by atoms with van der Waals surface area (Å²) in [5.41, 5.74) is 0. The summed E-state index contributed by atoms with van der Waals surface area (Å²) >= 11 is 1.77. The van der Waals surface area contributed by atoms with Crippen LogP contribution in [0.3, 0.4) is 0 Å². The highest BCUT2D eigenvalue weighted by Crippen LogP contribution is 2.25. The van der Waals surface area contributed by atoms with Crippen LogP contribution in [-0.4, -0.2) is 22.7 Å². The topological polar surface area (TPSA) is 44.0 Å². The van der Waals surface area contributed by atoms with Crippen molar-refractivity contribution < 1.29 is 5.11 Å². The fraction of sp³-hybridized carbons (Fsp3) is 0.857. The molecule has 56 valence electrons. The van der Waals surface area contributed by atoms with Crippen LogP contribution in [-0.2, 0) is 0 Å². The lowest BCUT2D eigenvalue weighted by molar-refractivity contribution is 0.126. The van der Waals surface area contributed by atoms with E-state index in [1.54, 1.807) is 11.8 Å². The second kappa shape index (κ2) is 3.85. The molecule has 1 aliphatic rings. The molecule has 1 aliphatic heterocycles. The maximum absolute atomic E-state index is 9.33. The summed E-state index contributed by atoms with van der Waals surface area (Å²) in [6, 6.07) is 2.10. The maximum Gasteiger partial charge on any atom is 0.0668 e. The summed E-state index contributed by atoms with van der Waals surface area (Å²) in [4.78, 5) is 0. The third kappa shape index (κ3) is 1.89. The van der Waals surface area contributed by atoms with Crippen molar-refractivity contribution in [3.8, 4) is 6.07 Å². The van der Waals surface area contributed by atoms with Gasteiger partial charge in [0.2, 0.25) is 0 Å². The Bertz CT molecular complexity index is 143. The molecule has 1 fully saturated rings. The van der Waals surface area contributed by atoms with Gasteiger partial charge in [0.1, 0.15) is 0 Å². The van der Waals surface area contributed by atoms with Crippen LogP contribution in [0.1, 0.15) is 12.8 Å². The fourth-order valence-corrected chi connectivity index (χ4v) is 2.27. The fourth-order valence-electron chi connectivity index (χ4n) is 1.12. The lowest BCUT2D eigenvalue weighted by atomic mass is 9.97. The maximum atomic E-state index is 9.33. The van der Waals surface area contributed by atoms with Crippen LogP contribution in [0.25, 0.3) is 0 Å². The van der Waals surface area contributed by atoms with E-state index in [9.17, 15) is 5.11 Å². The molecule has 10 heavy (non-hydrogen) atoms. The predicted molar refractivity (Wildman–Crippen MR) is 41.7 cm³/mol. The van der Waals surface area contributed by atoms with E-state index < -0.39 is 0 Å². The summed E-state index contributed by atoms with van der Waals surface area (Å²) in [7, 11) is 0. The van der Waals surface area contributed by atoms with Gasteiger partial charge in [-0.25, -0.2) is 0 Å². The minimum Gasteiger partial charge on any atom is -0.392 e. The van der Waals surface area contributed by atoms with E-state index in [1.165, 1.54) is 0 Å². The number of rotatable bonds is 1. The summed E-state index contributed by atoms with van der Waals surface area (Å²) in [6.07, 6.45) is 1.28. The van der Waals surface area contributed by atoms with E-state index in [0.717, 1.165) is 17.9 Å². The highest BCUT2D eigenvalue weighted by molar-refractivity contribution is 7.99. The van der Waals surface area contributed by atoms with Crippen molar-refractivity contribution in [1.82, 2.24) is 0 Å². The van der Waals surface area contributed by atoms with E-state index in [1.807, 2.05) is 0 Å². The summed E-state index contributed by atoms with van der Waals surface area (Å²) in [6.45, 7) is 0. The van der Waals surface area contributed by atoms with Gasteiger partial charge < -0.3 is 5.11 Å². The van der Waals surface area contributed by atoms with Gasteiger partial charge in [0.25, 0.3) is 0 Å². The summed E-state index contributed by atoms with van der Waals surface area (Å²) in [5, 5.41) is 17.7. The van der Waals surface area contributed by atoms with Crippen LogP contribution in [0, 0.1) is 17.2 Å². The molecule has 0 spiro atoms. The Morgan fingerprint density at radius 2 is 2.50 bits per heavy atom. The first kappa shape index (κ1) is 7.90. The Balaban J connectivity index is 2.34. The molecule has 1 saturated heterocycles. The van der Waals surface area contributed by atoms with Crippen LogP contribution < -0.4 is 0 Å². The van der Waals surface area contributed by atoms with Crippen LogP contribution in [0.4, 0.5) is 0 Å². The molecule has 2 nitrogen and oxygen atoms in total. The van der Waals surface area contributed by atoms with Crippen LogP contribution in [0.2, 0.25) is 0 Å². The first-order valence-electron chi connectivity index (χ1n) is 3.47.